The van der Waals surface area contributed by atoms with Crippen LogP contribution in [0.3, 0.4) is 0 Å². The van der Waals surface area contributed by atoms with Crippen LogP contribution in [-0.2, 0) is 27.9 Å². The number of carbonyl (C=O) groups excluding carboxylic acids is 3. The third kappa shape index (κ3) is 5.14. The number of ether oxygens (including phenoxy) is 2. The SMILES string of the molecule is COc1ccc(CN2C(=O)CCC(n3c(=O)n(C)c4c(N5C6CCC5CN(C(=O)OC(C)(C)C)C6)cccc43)C2=O)cc1. The van der Waals surface area contributed by atoms with E-state index in [1.54, 1.807) is 40.3 Å². The van der Waals surface area contributed by atoms with Crippen molar-refractivity contribution >= 4 is 34.6 Å². The molecule has 3 fully saturated rings. The zero-order valence-electron chi connectivity index (χ0n) is 25.4. The molecule has 3 unspecified atom stereocenters. The molecule has 1 aromatic heterocycles. The second-order valence-electron chi connectivity index (χ2n) is 12.8. The van der Waals surface area contributed by atoms with Crippen molar-refractivity contribution in [2.45, 2.75) is 76.7 Å². The van der Waals surface area contributed by atoms with Gasteiger partial charge in [-0.3, -0.25) is 23.6 Å². The number of amides is 3. The summed E-state index contributed by atoms with van der Waals surface area (Å²) < 4.78 is 14.0. The second-order valence-corrected chi connectivity index (χ2v) is 12.8. The van der Waals surface area contributed by atoms with E-state index in [1.807, 2.05) is 51.1 Å². The van der Waals surface area contributed by atoms with Gasteiger partial charge in [0.15, 0.2) is 0 Å². The van der Waals surface area contributed by atoms with Crippen LogP contribution in [0.2, 0.25) is 0 Å². The number of imidazole rings is 1. The van der Waals surface area contributed by atoms with Crippen LogP contribution in [0.4, 0.5) is 10.5 Å². The van der Waals surface area contributed by atoms with Crippen LogP contribution in [0, 0.1) is 0 Å². The summed E-state index contributed by atoms with van der Waals surface area (Å²) in [6.07, 6.45) is 1.99. The molecule has 43 heavy (non-hydrogen) atoms. The maximum Gasteiger partial charge on any atom is 0.410 e. The van der Waals surface area contributed by atoms with Crippen molar-refractivity contribution in [2.24, 2.45) is 7.05 Å². The quantitative estimate of drug-likeness (QED) is 0.417. The van der Waals surface area contributed by atoms with Crippen molar-refractivity contribution in [3.05, 3.63) is 58.5 Å². The highest BCUT2D eigenvalue weighted by molar-refractivity contribution is 6.00. The Balaban J connectivity index is 1.31. The highest BCUT2D eigenvalue weighted by atomic mass is 16.6. The first-order valence-corrected chi connectivity index (χ1v) is 14.9. The minimum absolute atomic E-state index is 0.0873. The largest absolute Gasteiger partial charge is 0.497 e. The van der Waals surface area contributed by atoms with E-state index in [9.17, 15) is 19.2 Å². The normalized spacial score (nSPS) is 22.4. The number of piperidine rings is 1. The number of nitrogens with zero attached hydrogens (tertiary/aromatic N) is 5. The molecule has 6 rings (SSSR count). The summed E-state index contributed by atoms with van der Waals surface area (Å²) in [7, 11) is 3.32. The van der Waals surface area contributed by atoms with Gasteiger partial charge in [0, 0.05) is 38.6 Å². The van der Waals surface area contributed by atoms with E-state index in [1.165, 1.54) is 4.90 Å². The topological polar surface area (TPSA) is 106 Å². The van der Waals surface area contributed by atoms with Gasteiger partial charge >= 0.3 is 11.8 Å². The Hall–Kier alpha value is -4.28. The molecule has 3 atom stereocenters. The van der Waals surface area contributed by atoms with Crippen molar-refractivity contribution in [2.75, 3.05) is 25.1 Å². The number of rotatable bonds is 5. The molecule has 2 bridgehead atoms. The number of methoxy groups -OCH3 is 1. The van der Waals surface area contributed by atoms with E-state index in [2.05, 4.69) is 4.90 Å². The average molecular weight is 590 g/mol. The first-order valence-electron chi connectivity index (χ1n) is 14.9. The standard InChI is InChI=1S/C32H39N5O6/c1-32(2,3)43-31(41)34-18-21-11-12-22(19-34)36(21)24-7-6-8-25-28(24)33(4)30(40)37(25)26-15-16-27(38)35(29(26)39)17-20-9-13-23(42-5)14-10-20/h6-10,13-14,21-22,26H,11-12,15-19H2,1-5H3. The monoisotopic (exact) mass is 589 g/mol. The van der Waals surface area contributed by atoms with Gasteiger partial charge in [-0.1, -0.05) is 18.2 Å². The molecule has 2 aromatic carbocycles. The summed E-state index contributed by atoms with van der Waals surface area (Å²) in [5.41, 5.74) is 2.28. The molecule has 4 heterocycles. The summed E-state index contributed by atoms with van der Waals surface area (Å²) in [5.74, 6) is 0.0688. The molecule has 3 amide bonds. The second kappa shape index (κ2) is 10.8. The van der Waals surface area contributed by atoms with Gasteiger partial charge in [-0.2, -0.15) is 0 Å². The summed E-state index contributed by atoms with van der Waals surface area (Å²) in [6, 6.07) is 12.4. The molecule has 228 valence electrons. The predicted octanol–water partition coefficient (Wildman–Crippen LogP) is 3.83. The molecule has 3 aliphatic rings. The van der Waals surface area contributed by atoms with Crippen molar-refractivity contribution in [1.82, 2.24) is 18.9 Å². The number of hydrogen-bond acceptors (Lipinski definition) is 7. The lowest BCUT2D eigenvalue weighted by atomic mass is 10.0. The van der Waals surface area contributed by atoms with Gasteiger partial charge in [0.1, 0.15) is 17.4 Å². The van der Waals surface area contributed by atoms with E-state index < -0.39 is 11.6 Å². The van der Waals surface area contributed by atoms with Crippen LogP contribution in [0.15, 0.2) is 47.3 Å². The molecule has 3 saturated heterocycles. The first kappa shape index (κ1) is 28.8. The van der Waals surface area contributed by atoms with Crippen molar-refractivity contribution in [3.63, 3.8) is 0 Å². The Morgan fingerprint density at radius 2 is 1.63 bits per heavy atom. The molecular formula is C32H39N5O6. The van der Waals surface area contributed by atoms with Gasteiger partial charge in [-0.15, -0.1) is 0 Å². The molecule has 0 radical (unpaired) electrons. The Kier molecular flexibility index (Phi) is 7.22. The number of carbonyl (C=O) groups is 3. The number of benzene rings is 2. The third-order valence-corrected chi connectivity index (χ3v) is 8.79. The minimum Gasteiger partial charge on any atom is -0.497 e. The minimum atomic E-state index is -0.789. The number of piperazine rings is 1. The maximum absolute atomic E-state index is 13.8. The van der Waals surface area contributed by atoms with Gasteiger partial charge in [-0.05, 0) is 69.9 Å². The molecule has 3 aliphatic heterocycles. The molecule has 0 aliphatic carbocycles. The Morgan fingerprint density at radius 3 is 2.26 bits per heavy atom. The summed E-state index contributed by atoms with van der Waals surface area (Å²) in [5, 5.41) is 0. The number of fused-ring (bicyclic) bond motifs is 3. The third-order valence-electron chi connectivity index (χ3n) is 8.79. The fourth-order valence-electron chi connectivity index (χ4n) is 6.84. The number of anilines is 1. The molecular weight excluding hydrogens is 550 g/mol. The molecule has 3 aromatic rings. The number of para-hydroxylation sites is 1. The number of likely N-dealkylation sites (tertiary alicyclic amines) is 2. The Bertz CT molecular complexity index is 1620. The van der Waals surface area contributed by atoms with Crippen LogP contribution < -0.4 is 15.3 Å². The number of aromatic nitrogens is 2. The van der Waals surface area contributed by atoms with E-state index in [0.29, 0.717) is 24.4 Å². The summed E-state index contributed by atoms with van der Waals surface area (Å²) in [4.78, 5) is 58.8. The van der Waals surface area contributed by atoms with E-state index in [-0.39, 0.29) is 55.1 Å². The van der Waals surface area contributed by atoms with Crippen LogP contribution in [0.1, 0.15) is 58.1 Å². The molecule has 0 saturated carbocycles. The Labute approximate surface area is 250 Å². The van der Waals surface area contributed by atoms with Gasteiger partial charge in [-0.25, -0.2) is 9.59 Å². The van der Waals surface area contributed by atoms with Gasteiger partial charge in [0.25, 0.3) is 5.91 Å². The summed E-state index contributed by atoms with van der Waals surface area (Å²) in [6.45, 7) is 6.82. The van der Waals surface area contributed by atoms with Crippen molar-refractivity contribution < 1.29 is 23.9 Å². The van der Waals surface area contributed by atoms with Crippen molar-refractivity contribution in [1.29, 1.82) is 0 Å². The lowest BCUT2D eigenvalue weighted by Crippen LogP contribution is -2.56. The highest BCUT2D eigenvalue weighted by Gasteiger charge is 2.44. The molecule has 0 N–H and O–H groups in total. The van der Waals surface area contributed by atoms with Crippen molar-refractivity contribution in [3.8, 4) is 5.75 Å². The predicted molar refractivity (Wildman–Crippen MR) is 161 cm³/mol. The summed E-state index contributed by atoms with van der Waals surface area (Å²) >= 11 is 0. The maximum atomic E-state index is 13.8. The lowest BCUT2D eigenvalue weighted by Gasteiger charge is -2.42. The van der Waals surface area contributed by atoms with Gasteiger partial charge < -0.3 is 19.3 Å². The highest BCUT2D eigenvalue weighted by Crippen LogP contribution is 2.39. The van der Waals surface area contributed by atoms with E-state index in [0.717, 1.165) is 29.6 Å². The molecule has 11 nitrogen and oxygen atoms in total. The van der Waals surface area contributed by atoms with Crippen LogP contribution in [0.25, 0.3) is 11.0 Å². The van der Waals surface area contributed by atoms with Crippen LogP contribution >= 0.6 is 0 Å². The van der Waals surface area contributed by atoms with Crippen LogP contribution in [0.5, 0.6) is 5.75 Å². The Morgan fingerprint density at radius 1 is 0.953 bits per heavy atom. The number of hydrogen-bond donors (Lipinski definition) is 0. The fraction of sp³-hybridized carbons (Fsp3) is 0.500. The van der Waals surface area contributed by atoms with Gasteiger partial charge in [0.05, 0.1) is 30.4 Å². The smallest absolute Gasteiger partial charge is 0.410 e. The van der Waals surface area contributed by atoms with Gasteiger partial charge in [0.2, 0.25) is 5.91 Å². The number of imide groups is 1. The van der Waals surface area contributed by atoms with Crippen LogP contribution in [-0.4, -0.2) is 74.7 Å². The van der Waals surface area contributed by atoms with E-state index in [4.69, 9.17) is 9.47 Å². The zero-order chi connectivity index (χ0) is 30.6. The molecule has 11 heteroatoms. The molecule has 0 spiro atoms. The lowest BCUT2D eigenvalue weighted by molar-refractivity contribution is -0.151. The average Bonchev–Trinajstić information content (AvgIpc) is 3.38. The zero-order valence-corrected chi connectivity index (χ0v) is 25.4. The fourth-order valence-corrected chi connectivity index (χ4v) is 6.84. The van der Waals surface area contributed by atoms with E-state index >= 15 is 0 Å². The number of aryl methyl sites for hydroxylation is 1. The first-order chi connectivity index (χ1) is 20.5.